The highest BCUT2D eigenvalue weighted by Crippen LogP contribution is 2.05. The normalized spacial score (nSPS) is 11.5. The van der Waals surface area contributed by atoms with Crippen molar-refractivity contribution in [2.45, 2.75) is 6.04 Å². The van der Waals surface area contributed by atoms with E-state index in [0.717, 1.165) is 0 Å². The van der Waals surface area contributed by atoms with Crippen LogP contribution in [0, 0.1) is 0 Å². The first-order chi connectivity index (χ1) is 7.56. The first kappa shape index (κ1) is 16.1. The number of pyridine rings is 1. The second kappa shape index (κ2) is 7.44. The molecule has 6 nitrogen and oxygen atoms in total. The largest absolute Gasteiger partial charge is 0.383 e. The molecule has 1 unspecified atom stereocenters. The van der Waals surface area contributed by atoms with Gasteiger partial charge in [0.15, 0.2) is 0 Å². The van der Waals surface area contributed by atoms with E-state index in [-0.39, 0.29) is 30.1 Å². The van der Waals surface area contributed by atoms with Gasteiger partial charge in [-0.3, -0.25) is 9.59 Å². The number of aromatic nitrogens is 1. The number of carbonyl (C=O) groups excluding carboxylic acids is 1. The van der Waals surface area contributed by atoms with E-state index >= 15 is 0 Å². The van der Waals surface area contributed by atoms with Gasteiger partial charge in [0.1, 0.15) is 11.7 Å². The summed E-state index contributed by atoms with van der Waals surface area (Å²) in [5.41, 5.74) is 5.34. The summed E-state index contributed by atoms with van der Waals surface area (Å²) in [6.07, 6.45) is 2.87. The fourth-order valence-electron chi connectivity index (χ4n) is 1.03. The number of nitrogens with two attached hydrogens (primary N) is 1. The molecule has 0 saturated heterocycles. The highest BCUT2D eigenvalue weighted by Gasteiger charge is 2.14. The second-order valence-electron chi connectivity index (χ2n) is 3.10. The van der Waals surface area contributed by atoms with Crippen molar-refractivity contribution in [3.05, 3.63) is 27.1 Å². The van der Waals surface area contributed by atoms with Crippen molar-refractivity contribution in [3.8, 4) is 0 Å². The van der Waals surface area contributed by atoms with Crippen LogP contribution in [0.3, 0.4) is 0 Å². The zero-order valence-electron chi connectivity index (χ0n) is 9.03. The van der Waals surface area contributed by atoms with Crippen LogP contribution in [0.2, 0.25) is 0 Å². The average Bonchev–Trinajstić information content (AvgIpc) is 2.25. The molecular weight excluding hydrogens is 313 g/mol. The predicted octanol–water partition coefficient (Wildman–Crippen LogP) is 0.471. The molecule has 1 aromatic heterocycles. The maximum Gasteiger partial charge on any atom is 0.243 e. The Morgan fingerprint density at radius 2 is 2.29 bits per heavy atom. The van der Waals surface area contributed by atoms with E-state index in [2.05, 4.69) is 26.2 Å². The third-order valence-electron chi connectivity index (χ3n) is 1.84. The van der Waals surface area contributed by atoms with Crippen molar-refractivity contribution in [2.24, 2.45) is 5.73 Å². The standard InChI is InChI=1S/C9H12BrN3O3.ClH/c1-16-4-6(11)9(15)13-7-3-12-2-5(10)8(7)14;/h2-3,6H,4,11H2,1H3,(H,12,14)(H,13,15);1H. The van der Waals surface area contributed by atoms with Crippen molar-refractivity contribution in [1.29, 1.82) is 0 Å². The molecule has 1 amide bonds. The SMILES string of the molecule is COCC(N)C(=O)Nc1c[nH]cc(Br)c1=O.Cl. The predicted molar refractivity (Wildman–Crippen MR) is 70.5 cm³/mol. The smallest absolute Gasteiger partial charge is 0.243 e. The number of nitrogens with one attached hydrogen (secondary N) is 2. The summed E-state index contributed by atoms with van der Waals surface area (Å²) in [6.45, 7) is 0.0950. The number of anilines is 1. The molecule has 4 N–H and O–H groups in total. The molecule has 1 aromatic rings. The third-order valence-corrected chi connectivity index (χ3v) is 2.43. The molecule has 0 bridgehead atoms. The maximum absolute atomic E-state index is 11.5. The van der Waals surface area contributed by atoms with Crippen molar-refractivity contribution in [2.75, 3.05) is 19.0 Å². The first-order valence-corrected chi connectivity index (χ1v) is 5.27. The lowest BCUT2D eigenvalue weighted by atomic mass is 10.3. The van der Waals surface area contributed by atoms with Crippen LogP contribution in [0.4, 0.5) is 5.69 Å². The Hall–Kier alpha value is -0.890. The number of hydrogen-bond donors (Lipinski definition) is 3. The quantitative estimate of drug-likeness (QED) is 0.749. The average molecular weight is 327 g/mol. The lowest BCUT2D eigenvalue weighted by molar-refractivity contribution is -0.118. The molecule has 1 rings (SSSR count). The summed E-state index contributed by atoms with van der Waals surface area (Å²) in [5, 5.41) is 2.42. The van der Waals surface area contributed by atoms with Crippen LogP contribution in [0.15, 0.2) is 21.7 Å². The molecule has 1 atom stereocenters. The van der Waals surface area contributed by atoms with Gasteiger partial charge >= 0.3 is 0 Å². The van der Waals surface area contributed by atoms with Gasteiger partial charge in [0.25, 0.3) is 0 Å². The number of hydrogen-bond acceptors (Lipinski definition) is 4. The van der Waals surface area contributed by atoms with Crippen LogP contribution >= 0.6 is 28.3 Å². The summed E-state index contributed by atoms with van der Waals surface area (Å²) in [5.74, 6) is -0.467. The van der Waals surface area contributed by atoms with E-state index in [4.69, 9.17) is 10.5 Å². The summed E-state index contributed by atoms with van der Waals surface area (Å²) in [6, 6.07) is -0.802. The van der Waals surface area contributed by atoms with Crippen LogP contribution in [-0.4, -0.2) is 30.6 Å². The number of halogens is 2. The number of rotatable bonds is 4. The minimum atomic E-state index is -0.802. The molecule has 0 saturated carbocycles. The third kappa shape index (κ3) is 4.47. The van der Waals surface area contributed by atoms with Crippen LogP contribution < -0.4 is 16.5 Å². The Labute approximate surface area is 112 Å². The van der Waals surface area contributed by atoms with Crippen LogP contribution in [-0.2, 0) is 9.53 Å². The fraction of sp³-hybridized carbons (Fsp3) is 0.333. The molecule has 0 aliphatic carbocycles. The Morgan fingerprint density at radius 3 is 2.88 bits per heavy atom. The topological polar surface area (TPSA) is 97.2 Å². The van der Waals surface area contributed by atoms with Gasteiger partial charge in [-0.2, -0.15) is 0 Å². The number of aromatic amines is 1. The molecule has 1 heterocycles. The molecular formula is C9H13BrClN3O3. The number of carbonyl (C=O) groups is 1. The Balaban J connectivity index is 0.00000256. The van der Waals surface area contributed by atoms with Crippen LogP contribution in [0.25, 0.3) is 0 Å². The van der Waals surface area contributed by atoms with Gasteiger partial charge in [-0.05, 0) is 15.9 Å². The molecule has 0 aliphatic rings. The van der Waals surface area contributed by atoms with Gasteiger partial charge in [-0.1, -0.05) is 0 Å². The van der Waals surface area contributed by atoms with E-state index in [1.807, 2.05) is 0 Å². The van der Waals surface area contributed by atoms with Crippen molar-refractivity contribution >= 4 is 39.9 Å². The highest BCUT2D eigenvalue weighted by molar-refractivity contribution is 9.10. The van der Waals surface area contributed by atoms with E-state index in [9.17, 15) is 9.59 Å². The summed E-state index contributed by atoms with van der Waals surface area (Å²) < 4.78 is 5.07. The molecule has 0 radical (unpaired) electrons. The molecule has 0 spiro atoms. The minimum absolute atomic E-state index is 0. The van der Waals surface area contributed by atoms with Gasteiger partial charge in [-0.25, -0.2) is 0 Å². The highest BCUT2D eigenvalue weighted by atomic mass is 79.9. The molecule has 0 aromatic carbocycles. The van der Waals surface area contributed by atoms with Crippen molar-refractivity contribution < 1.29 is 9.53 Å². The Bertz CT molecular complexity index is 438. The van der Waals surface area contributed by atoms with E-state index < -0.39 is 11.9 Å². The van der Waals surface area contributed by atoms with Gasteiger partial charge in [0, 0.05) is 19.5 Å². The van der Waals surface area contributed by atoms with E-state index in [1.54, 1.807) is 0 Å². The first-order valence-electron chi connectivity index (χ1n) is 4.48. The van der Waals surface area contributed by atoms with Crippen LogP contribution in [0.5, 0.6) is 0 Å². The monoisotopic (exact) mass is 325 g/mol. The maximum atomic E-state index is 11.5. The number of H-pyrrole nitrogens is 1. The summed E-state index contributed by atoms with van der Waals surface area (Å²) in [7, 11) is 1.44. The Morgan fingerprint density at radius 1 is 1.65 bits per heavy atom. The van der Waals surface area contributed by atoms with Crippen molar-refractivity contribution in [3.63, 3.8) is 0 Å². The second-order valence-corrected chi connectivity index (χ2v) is 3.95. The van der Waals surface area contributed by atoms with E-state index in [0.29, 0.717) is 4.47 Å². The molecule has 96 valence electrons. The van der Waals surface area contributed by atoms with Gasteiger partial charge in [-0.15, -0.1) is 12.4 Å². The lowest BCUT2D eigenvalue weighted by Gasteiger charge is -2.10. The summed E-state index contributed by atoms with van der Waals surface area (Å²) in [4.78, 5) is 25.7. The van der Waals surface area contributed by atoms with Gasteiger partial charge in [0.05, 0.1) is 11.1 Å². The molecule has 8 heteroatoms. The molecule has 0 fully saturated rings. The van der Waals surface area contributed by atoms with E-state index in [1.165, 1.54) is 19.5 Å². The zero-order chi connectivity index (χ0) is 12.1. The summed E-state index contributed by atoms with van der Waals surface area (Å²) >= 11 is 3.05. The minimum Gasteiger partial charge on any atom is -0.383 e. The molecule has 17 heavy (non-hydrogen) atoms. The lowest BCUT2D eigenvalue weighted by Crippen LogP contribution is -2.40. The van der Waals surface area contributed by atoms with Crippen LogP contribution in [0.1, 0.15) is 0 Å². The van der Waals surface area contributed by atoms with Gasteiger partial charge < -0.3 is 20.8 Å². The fourth-order valence-corrected chi connectivity index (χ4v) is 1.38. The molecule has 0 aliphatic heterocycles. The number of methoxy groups -OCH3 is 1. The van der Waals surface area contributed by atoms with Crippen molar-refractivity contribution in [1.82, 2.24) is 4.98 Å². The zero-order valence-corrected chi connectivity index (χ0v) is 11.4. The number of amides is 1. The Kier molecular flexibility index (Phi) is 7.05. The van der Waals surface area contributed by atoms with Gasteiger partial charge in [0.2, 0.25) is 11.3 Å². The number of ether oxygens (including phenoxy) is 1.